The molecule has 0 radical (unpaired) electrons. The zero-order valence-electron chi connectivity index (χ0n) is 14.7. The molecule has 1 aromatic rings. The van der Waals surface area contributed by atoms with Gasteiger partial charge in [-0.3, -0.25) is 0 Å². The topological polar surface area (TPSA) is 29.5 Å². The number of benzene rings is 1. The maximum absolute atomic E-state index is 9.80. The average molecular weight is 312 g/mol. The zero-order valence-corrected chi connectivity index (χ0v) is 14.7. The second-order valence-electron chi connectivity index (χ2n) is 7.77. The fraction of sp³-hybridized carbons (Fsp3) is 0.524. The van der Waals surface area contributed by atoms with Crippen LogP contribution in [-0.2, 0) is 6.42 Å². The van der Waals surface area contributed by atoms with Gasteiger partial charge in [0.15, 0.2) is 0 Å². The average Bonchev–Trinajstić information content (AvgIpc) is 2.85. The third-order valence-electron chi connectivity index (χ3n) is 5.78. The van der Waals surface area contributed by atoms with Crippen molar-refractivity contribution >= 4 is 0 Å². The molecule has 0 saturated heterocycles. The first kappa shape index (κ1) is 16.2. The Labute approximate surface area is 139 Å². The molecule has 2 nitrogen and oxygen atoms in total. The van der Waals surface area contributed by atoms with E-state index in [1.807, 2.05) is 12.1 Å². The van der Waals surface area contributed by atoms with Crippen LogP contribution in [0.25, 0.3) is 0 Å². The van der Waals surface area contributed by atoms with E-state index in [0.29, 0.717) is 11.7 Å². The Balaban J connectivity index is 2.00. The number of ether oxygens (including phenoxy) is 1. The van der Waals surface area contributed by atoms with E-state index in [9.17, 15) is 5.11 Å². The lowest BCUT2D eigenvalue weighted by Gasteiger charge is -2.51. The summed E-state index contributed by atoms with van der Waals surface area (Å²) in [6.45, 7) is 8.90. The molecule has 2 aliphatic rings. The molecule has 1 spiro atoms. The van der Waals surface area contributed by atoms with Crippen molar-refractivity contribution in [1.29, 1.82) is 0 Å². The largest absolute Gasteiger partial charge is 0.508 e. The molecule has 0 unspecified atom stereocenters. The van der Waals surface area contributed by atoms with Gasteiger partial charge in [0.2, 0.25) is 0 Å². The quantitative estimate of drug-likeness (QED) is 0.739. The Morgan fingerprint density at radius 2 is 2.13 bits per heavy atom. The highest BCUT2D eigenvalue weighted by Crippen LogP contribution is 2.56. The van der Waals surface area contributed by atoms with E-state index in [2.05, 4.69) is 45.9 Å². The minimum absolute atomic E-state index is 0.00521. The second kappa shape index (κ2) is 5.74. The van der Waals surface area contributed by atoms with Crippen LogP contribution in [0.4, 0.5) is 0 Å². The highest BCUT2D eigenvalue weighted by atomic mass is 16.5. The number of phenols is 1. The number of phenolic OH excluding ortho intramolecular Hbond substituents is 1. The van der Waals surface area contributed by atoms with Crippen LogP contribution >= 0.6 is 0 Å². The summed E-state index contributed by atoms with van der Waals surface area (Å²) in [6, 6.07) is 5.51. The van der Waals surface area contributed by atoms with Crippen molar-refractivity contribution in [3.63, 3.8) is 0 Å². The Hall–Kier alpha value is -1.70. The normalized spacial score (nSPS) is 32.8. The SMILES string of the molecule is CC(C)=CC=C[C@]1(C)CCC[C@@H](C)[C@@]12Cc1cc(O)ccc1O2. The highest BCUT2D eigenvalue weighted by molar-refractivity contribution is 5.45. The summed E-state index contributed by atoms with van der Waals surface area (Å²) in [4.78, 5) is 0. The molecular formula is C21H28O2. The maximum atomic E-state index is 9.80. The second-order valence-corrected chi connectivity index (χ2v) is 7.77. The summed E-state index contributed by atoms with van der Waals surface area (Å²) in [6.07, 6.45) is 11.2. The fourth-order valence-corrected chi connectivity index (χ4v) is 4.37. The van der Waals surface area contributed by atoms with Gasteiger partial charge in [-0.15, -0.1) is 0 Å². The van der Waals surface area contributed by atoms with Gasteiger partial charge in [0.05, 0.1) is 0 Å². The van der Waals surface area contributed by atoms with E-state index in [-0.39, 0.29) is 11.0 Å². The monoisotopic (exact) mass is 312 g/mol. The highest BCUT2D eigenvalue weighted by Gasteiger charge is 2.57. The third-order valence-corrected chi connectivity index (χ3v) is 5.78. The van der Waals surface area contributed by atoms with Crippen LogP contribution in [0.15, 0.2) is 42.0 Å². The van der Waals surface area contributed by atoms with Gasteiger partial charge in [0, 0.05) is 17.4 Å². The number of hydrogen-bond donors (Lipinski definition) is 1. The van der Waals surface area contributed by atoms with Crippen molar-refractivity contribution in [2.75, 3.05) is 0 Å². The Morgan fingerprint density at radius 3 is 2.87 bits per heavy atom. The lowest BCUT2D eigenvalue weighted by Crippen LogP contribution is -2.56. The number of hydrogen-bond acceptors (Lipinski definition) is 2. The summed E-state index contributed by atoms with van der Waals surface area (Å²) in [5, 5.41) is 9.80. The Kier molecular flexibility index (Phi) is 4.03. The fourth-order valence-electron chi connectivity index (χ4n) is 4.37. The van der Waals surface area contributed by atoms with E-state index < -0.39 is 0 Å². The van der Waals surface area contributed by atoms with Gasteiger partial charge in [-0.1, -0.05) is 44.1 Å². The summed E-state index contributed by atoms with van der Waals surface area (Å²) < 4.78 is 6.59. The van der Waals surface area contributed by atoms with Crippen LogP contribution in [0.2, 0.25) is 0 Å². The van der Waals surface area contributed by atoms with Crippen LogP contribution in [-0.4, -0.2) is 10.7 Å². The molecule has 1 heterocycles. The van der Waals surface area contributed by atoms with Crippen LogP contribution < -0.4 is 4.74 Å². The standard InChI is InChI=1S/C21H28O2/c1-15(2)7-5-11-20(4)12-6-8-16(3)21(20)14-17-13-18(22)9-10-19(17)23-21/h5,7,9-11,13,16,22H,6,8,12,14H2,1-4H3/t16-,20-,21+/m1/s1. The molecule has 0 aromatic heterocycles. The number of allylic oxidation sites excluding steroid dienone is 3. The predicted molar refractivity (Wildman–Crippen MR) is 94.9 cm³/mol. The van der Waals surface area contributed by atoms with Gasteiger partial charge in [-0.25, -0.2) is 0 Å². The predicted octanol–water partition coefficient (Wildman–Crippen LogP) is 5.41. The molecule has 1 fully saturated rings. The van der Waals surface area contributed by atoms with E-state index in [1.54, 1.807) is 6.07 Å². The van der Waals surface area contributed by atoms with Crippen molar-refractivity contribution in [2.24, 2.45) is 11.3 Å². The van der Waals surface area contributed by atoms with Crippen molar-refractivity contribution in [3.05, 3.63) is 47.6 Å². The van der Waals surface area contributed by atoms with E-state index in [1.165, 1.54) is 18.4 Å². The summed E-state index contributed by atoms with van der Waals surface area (Å²) in [5.41, 5.74) is 2.25. The van der Waals surface area contributed by atoms with Crippen LogP contribution in [0.3, 0.4) is 0 Å². The van der Waals surface area contributed by atoms with Crippen LogP contribution in [0.1, 0.15) is 52.5 Å². The smallest absolute Gasteiger partial charge is 0.124 e. The molecule has 23 heavy (non-hydrogen) atoms. The van der Waals surface area contributed by atoms with Crippen molar-refractivity contribution in [1.82, 2.24) is 0 Å². The molecule has 1 N–H and O–H groups in total. The molecule has 1 saturated carbocycles. The first-order valence-corrected chi connectivity index (χ1v) is 8.70. The Bertz CT molecular complexity index is 654. The van der Waals surface area contributed by atoms with Crippen LogP contribution in [0.5, 0.6) is 11.5 Å². The maximum Gasteiger partial charge on any atom is 0.124 e. The van der Waals surface area contributed by atoms with Gasteiger partial charge >= 0.3 is 0 Å². The van der Waals surface area contributed by atoms with Gasteiger partial charge in [0.25, 0.3) is 0 Å². The molecule has 1 aliphatic heterocycles. The number of fused-ring (bicyclic) bond motifs is 1. The third kappa shape index (κ3) is 2.69. The molecule has 1 aromatic carbocycles. The molecule has 0 bridgehead atoms. The van der Waals surface area contributed by atoms with Crippen molar-refractivity contribution < 1.29 is 9.84 Å². The lowest BCUT2D eigenvalue weighted by molar-refractivity contribution is -0.0810. The van der Waals surface area contributed by atoms with E-state index in [0.717, 1.165) is 24.2 Å². The van der Waals surface area contributed by atoms with Gasteiger partial charge in [-0.05, 0) is 50.8 Å². The number of rotatable bonds is 2. The molecule has 2 heteroatoms. The first-order valence-electron chi connectivity index (χ1n) is 8.70. The summed E-state index contributed by atoms with van der Waals surface area (Å²) in [7, 11) is 0. The zero-order chi connectivity index (χ0) is 16.7. The summed E-state index contributed by atoms with van der Waals surface area (Å²) >= 11 is 0. The molecule has 124 valence electrons. The number of aromatic hydroxyl groups is 1. The first-order chi connectivity index (χ1) is 10.9. The Morgan fingerprint density at radius 1 is 1.35 bits per heavy atom. The van der Waals surface area contributed by atoms with Crippen LogP contribution in [0, 0.1) is 11.3 Å². The van der Waals surface area contributed by atoms with Gasteiger partial charge in [-0.2, -0.15) is 0 Å². The molecule has 1 aliphatic carbocycles. The molecular weight excluding hydrogens is 284 g/mol. The molecule has 3 rings (SSSR count). The van der Waals surface area contributed by atoms with E-state index >= 15 is 0 Å². The minimum Gasteiger partial charge on any atom is -0.508 e. The van der Waals surface area contributed by atoms with Gasteiger partial charge in [0.1, 0.15) is 17.1 Å². The minimum atomic E-state index is -0.201. The summed E-state index contributed by atoms with van der Waals surface area (Å²) in [5.74, 6) is 1.76. The van der Waals surface area contributed by atoms with Gasteiger partial charge < -0.3 is 9.84 Å². The molecule has 0 amide bonds. The lowest BCUT2D eigenvalue weighted by atomic mass is 9.58. The van der Waals surface area contributed by atoms with E-state index in [4.69, 9.17) is 4.74 Å². The van der Waals surface area contributed by atoms with Crippen molar-refractivity contribution in [2.45, 2.75) is 59.0 Å². The van der Waals surface area contributed by atoms with Crippen molar-refractivity contribution in [3.8, 4) is 11.5 Å². The molecule has 3 atom stereocenters.